The third kappa shape index (κ3) is 3.36. The van der Waals surface area contributed by atoms with Crippen LogP contribution in [0.2, 0.25) is 0 Å². The lowest BCUT2D eigenvalue weighted by molar-refractivity contribution is 0.0526. The standard InChI is InChI=1S/C16H23F2NO/c1-3-8-19-16(12-6-9-20-10-7-12)14-13(17)5-4-11(2)15(14)18/h4-5,12,16,19H,3,6-10H2,1-2H3. The van der Waals surface area contributed by atoms with Gasteiger partial charge in [-0.1, -0.05) is 13.0 Å². The van der Waals surface area contributed by atoms with Crippen molar-refractivity contribution in [3.8, 4) is 0 Å². The topological polar surface area (TPSA) is 21.3 Å². The Morgan fingerprint density at radius 2 is 2.00 bits per heavy atom. The zero-order valence-electron chi connectivity index (χ0n) is 12.2. The Balaban J connectivity index is 2.32. The Kier molecular flexibility index (Phi) is 5.49. The van der Waals surface area contributed by atoms with E-state index in [1.54, 1.807) is 6.92 Å². The van der Waals surface area contributed by atoms with Crippen molar-refractivity contribution >= 4 is 0 Å². The Hall–Kier alpha value is -1.00. The summed E-state index contributed by atoms with van der Waals surface area (Å²) in [6, 6.07) is 2.60. The SMILES string of the molecule is CCCNC(c1c(F)ccc(C)c1F)C1CCOCC1. The largest absolute Gasteiger partial charge is 0.381 e. The Bertz CT molecular complexity index is 444. The molecule has 1 aromatic rings. The third-order valence-electron chi connectivity index (χ3n) is 3.98. The molecule has 0 spiro atoms. The summed E-state index contributed by atoms with van der Waals surface area (Å²) < 4.78 is 33.9. The van der Waals surface area contributed by atoms with Crippen LogP contribution in [0.4, 0.5) is 8.78 Å². The second-order valence-electron chi connectivity index (χ2n) is 5.47. The maximum absolute atomic E-state index is 14.4. The van der Waals surface area contributed by atoms with Crippen molar-refractivity contribution in [3.63, 3.8) is 0 Å². The molecule has 2 nitrogen and oxygen atoms in total. The summed E-state index contributed by atoms with van der Waals surface area (Å²) >= 11 is 0. The van der Waals surface area contributed by atoms with Crippen LogP contribution in [-0.2, 0) is 4.74 Å². The molecule has 1 heterocycles. The number of aryl methyl sites for hydroxylation is 1. The van der Waals surface area contributed by atoms with Crippen LogP contribution in [0.25, 0.3) is 0 Å². The van der Waals surface area contributed by atoms with Gasteiger partial charge in [-0.3, -0.25) is 0 Å². The summed E-state index contributed by atoms with van der Waals surface area (Å²) in [5.41, 5.74) is 0.696. The smallest absolute Gasteiger partial charge is 0.133 e. The molecular weight excluding hydrogens is 260 g/mol. The zero-order chi connectivity index (χ0) is 14.5. The minimum Gasteiger partial charge on any atom is -0.381 e. The predicted molar refractivity (Wildman–Crippen MR) is 75.7 cm³/mol. The van der Waals surface area contributed by atoms with Gasteiger partial charge >= 0.3 is 0 Å². The van der Waals surface area contributed by atoms with E-state index in [0.717, 1.165) is 25.8 Å². The van der Waals surface area contributed by atoms with Gasteiger partial charge in [0.15, 0.2) is 0 Å². The van der Waals surface area contributed by atoms with Crippen LogP contribution in [-0.4, -0.2) is 19.8 Å². The van der Waals surface area contributed by atoms with Gasteiger partial charge in [-0.25, -0.2) is 8.78 Å². The van der Waals surface area contributed by atoms with Crippen molar-refractivity contribution < 1.29 is 13.5 Å². The first-order valence-electron chi connectivity index (χ1n) is 7.40. The summed E-state index contributed by atoms with van der Waals surface area (Å²) in [6.45, 7) is 5.83. The molecule has 1 aliphatic heterocycles. The van der Waals surface area contributed by atoms with Gasteiger partial charge < -0.3 is 10.1 Å². The fourth-order valence-electron chi connectivity index (χ4n) is 2.82. The highest BCUT2D eigenvalue weighted by molar-refractivity contribution is 5.30. The van der Waals surface area contributed by atoms with Gasteiger partial charge in [0.05, 0.1) is 0 Å². The highest BCUT2D eigenvalue weighted by Gasteiger charge is 2.29. The van der Waals surface area contributed by atoms with Gasteiger partial charge in [0.25, 0.3) is 0 Å². The van der Waals surface area contributed by atoms with Crippen LogP contribution in [0.3, 0.4) is 0 Å². The molecule has 20 heavy (non-hydrogen) atoms. The van der Waals surface area contributed by atoms with Crippen LogP contribution in [0.15, 0.2) is 12.1 Å². The van der Waals surface area contributed by atoms with Crippen LogP contribution in [0.1, 0.15) is 43.4 Å². The van der Waals surface area contributed by atoms with Crippen molar-refractivity contribution in [2.24, 2.45) is 5.92 Å². The van der Waals surface area contributed by atoms with E-state index in [9.17, 15) is 8.78 Å². The van der Waals surface area contributed by atoms with E-state index in [2.05, 4.69) is 12.2 Å². The molecule has 0 aliphatic carbocycles. The first kappa shape index (κ1) is 15.4. The molecule has 0 bridgehead atoms. The molecule has 1 aromatic carbocycles. The molecular formula is C16H23F2NO. The van der Waals surface area contributed by atoms with Crippen LogP contribution >= 0.6 is 0 Å². The summed E-state index contributed by atoms with van der Waals surface area (Å²) in [5.74, 6) is -0.639. The van der Waals surface area contributed by atoms with Gasteiger partial charge in [0, 0.05) is 24.8 Å². The average molecular weight is 283 g/mol. The normalized spacial score (nSPS) is 18.2. The highest BCUT2D eigenvalue weighted by Crippen LogP contribution is 2.33. The fourth-order valence-corrected chi connectivity index (χ4v) is 2.82. The van der Waals surface area contributed by atoms with E-state index in [-0.39, 0.29) is 17.5 Å². The number of ether oxygens (including phenoxy) is 1. The molecule has 0 saturated carbocycles. The average Bonchev–Trinajstić information content (AvgIpc) is 2.47. The van der Waals surface area contributed by atoms with Crippen molar-refractivity contribution in [2.75, 3.05) is 19.8 Å². The summed E-state index contributed by atoms with van der Waals surface area (Å²) in [7, 11) is 0. The summed E-state index contributed by atoms with van der Waals surface area (Å²) in [6.07, 6.45) is 2.62. The van der Waals surface area contributed by atoms with Gasteiger partial charge in [0.1, 0.15) is 11.6 Å². The molecule has 1 fully saturated rings. The lowest BCUT2D eigenvalue weighted by atomic mass is 9.86. The molecule has 1 saturated heterocycles. The predicted octanol–water partition coefficient (Wildman–Crippen LogP) is 3.74. The van der Waals surface area contributed by atoms with E-state index in [4.69, 9.17) is 4.74 Å². The van der Waals surface area contributed by atoms with E-state index in [1.165, 1.54) is 12.1 Å². The van der Waals surface area contributed by atoms with Crippen LogP contribution < -0.4 is 5.32 Å². The monoisotopic (exact) mass is 283 g/mol. The molecule has 0 radical (unpaired) electrons. The van der Waals surface area contributed by atoms with Crippen molar-refractivity contribution in [2.45, 2.75) is 39.2 Å². The first-order valence-corrected chi connectivity index (χ1v) is 7.40. The number of halogens is 2. The van der Waals surface area contributed by atoms with E-state index in [1.807, 2.05) is 0 Å². The highest BCUT2D eigenvalue weighted by atomic mass is 19.1. The molecule has 0 aromatic heterocycles. The van der Waals surface area contributed by atoms with Crippen LogP contribution in [0, 0.1) is 24.5 Å². The number of hydrogen-bond acceptors (Lipinski definition) is 2. The molecule has 1 atom stereocenters. The minimum atomic E-state index is -0.451. The molecule has 1 aliphatic rings. The number of hydrogen-bond donors (Lipinski definition) is 1. The van der Waals surface area contributed by atoms with E-state index >= 15 is 0 Å². The number of rotatable bonds is 5. The molecule has 112 valence electrons. The third-order valence-corrected chi connectivity index (χ3v) is 3.98. The Labute approximate surface area is 119 Å². The quantitative estimate of drug-likeness (QED) is 0.889. The maximum atomic E-state index is 14.4. The number of nitrogens with one attached hydrogen (secondary N) is 1. The van der Waals surface area contributed by atoms with Gasteiger partial charge in [-0.2, -0.15) is 0 Å². The van der Waals surface area contributed by atoms with Crippen LogP contribution in [0.5, 0.6) is 0 Å². The lowest BCUT2D eigenvalue weighted by Gasteiger charge is -2.32. The molecule has 4 heteroatoms. The Morgan fingerprint density at radius 1 is 1.30 bits per heavy atom. The second-order valence-corrected chi connectivity index (χ2v) is 5.47. The lowest BCUT2D eigenvalue weighted by Crippen LogP contribution is -2.34. The maximum Gasteiger partial charge on any atom is 0.133 e. The van der Waals surface area contributed by atoms with Crippen molar-refractivity contribution in [1.82, 2.24) is 5.32 Å². The first-order chi connectivity index (χ1) is 9.65. The summed E-state index contributed by atoms with van der Waals surface area (Å²) in [4.78, 5) is 0. The van der Waals surface area contributed by atoms with Gasteiger partial charge in [-0.05, 0) is 50.3 Å². The zero-order valence-corrected chi connectivity index (χ0v) is 12.2. The van der Waals surface area contributed by atoms with E-state index in [0.29, 0.717) is 18.8 Å². The molecule has 0 amide bonds. The van der Waals surface area contributed by atoms with Crippen molar-refractivity contribution in [1.29, 1.82) is 0 Å². The summed E-state index contributed by atoms with van der Waals surface area (Å²) in [5, 5.41) is 3.33. The van der Waals surface area contributed by atoms with Crippen molar-refractivity contribution in [3.05, 3.63) is 34.9 Å². The number of benzene rings is 1. The van der Waals surface area contributed by atoms with Gasteiger partial charge in [0.2, 0.25) is 0 Å². The minimum absolute atomic E-state index is 0.199. The second kappa shape index (κ2) is 7.14. The molecule has 1 unspecified atom stereocenters. The molecule has 1 N–H and O–H groups in total. The molecule has 2 rings (SSSR count). The van der Waals surface area contributed by atoms with E-state index < -0.39 is 11.6 Å². The van der Waals surface area contributed by atoms with Gasteiger partial charge in [-0.15, -0.1) is 0 Å². The Morgan fingerprint density at radius 3 is 2.65 bits per heavy atom. The fraction of sp³-hybridized carbons (Fsp3) is 0.625.